The summed E-state index contributed by atoms with van der Waals surface area (Å²) in [6.07, 6.45) is 0. The smallest absolute Gasteiger partial charge is 0.252 e. The predicted molar refractivity (Wildman–Crippen MR) is 94.9 cm³/mol. The van der Waals surface area contributed by atoms with Gasteiger partial charge in [-0.3, -0.25) is 4.79 Å². The van der Waals surface area contributed by atoms with E-state index in [1.165, 1.54) is 11.3 Å². The molecule has 0 saturated carbocycles. The number of H-pyrrole nitrogens is 1. The Labute approximate surface area is 143 Å². The zero-order chi connectivity index (χ0) is 16.1. The van der Waals surface area contributed by atoms with Crippen molar-refractivity contribution in [2.45, 2.75) is 0 Å². The Balaban J connectivity index is 2.02. The van der Waals surface area contributed by atoms with Crippen LogP contribution in [0.4, 0.5) is 0 Å². The lowest BCUT2D eigenvalue weighted by atomic mass is 10.1. The van der Waals surface area contributed by atoms with Gasteiger partial charge in [0.1, 0.15) is 10.6 Å². The van der Waals surface area contributed by atoms with Gasteiger partial charge in [0.05, 0.1) is 20.9 Å². The second-order valence-corrected chi connectivity index (χ2v) is 6.84. The summed E-state index contributed by atoms with van der Waals surface area (Å²) in [5.74, 6) is -0.0471. The molecule has 0 saturated heterocycles. The first kappa shape index (κ1) is 14.5. The molecule has 4 aromatic rings. The molecule has 0 amide bonds. The van der Waals surface area contributed by atoms with E-state index in [-0.39, 0.29) is 11.3 Å². The number of thiophene rings is 1. The fraction of sp³-hybridized carbons (Fsp3) is 0. The average molecular weight is 363 g/mol. The fourth-order valence-electron chi connectivity index (χ4n) is 2.48. The van der Waals surface area contributed by atoms with E-state index in [0.29, 0.717) is 30.8 Å². The van der Waals surface area contributed by atoms with Crippen LogP contribution in [-0.2, 0) is 0 Å². The highest BCUT2D eigenvalue weighted by Crippen LogP contribution is 2.37. The van der Waals surface area contributed by atoms with Gasteiger partial charge in [0, 0.05) is 22.0 Å². The van der Waals surface area contributed by atoms with Gasteiger partial charge in [-0.25, -0.2) is 4.98 Å². The number of aromatic nitrogens is 2. The molecule has 0 spiro atoms. The van der Waals surface area contributed by atoms with Crippen LogP contribution in [0.2, 0.25) is 10.0 Å². The standard InChI is InChI=1S/C16H8Cl2N2O2S/c17-7-1-3-10(18)9(5-7)11-4-2-8-14-15(23-16(8)19-11)12(21)6-13(22)20-14/h1-6H,(H2,20,21,22). The van der Waals surface area contributed by atoms with Crippen LogP contribution in [0.3, 0.4) is 0 Å². The van der Waals surface area contributed by atoms with Crippen molar-refractivity contribution in [3.05, 3.63) is 56.8 Å². The van der Waals surface area contributed by atoms with Crippen molar-refractivity contribution < 1.29 is 5.11 Å². The van der Waals surface area contributed by atoms with Crippen molar-refractivity contribution >= 4 is 55.0 Å². The van der Waals surface area contributed by atoms with Crippen LogP contribution in [0.25, 0.3) is 31.7 Å². The molecule has 1 aromatic carbocycles. The summed E-state index contributed by atoms with van der Waals surface area (Å²) >= 11 is 13.6. The number of aromatic amines is 1. The number of rotatable bonds is 1. The molecule has 7 heteroatoms. The third-order valence-electron chi connectivity index (χ3n) is 3.51. The Morgan fingerprint density at radius 2 is 1.96 bits per heavy atom. The average Bonchev–Trinajstić information content (AvgIpc) is 2.88. The van der Waals surface area contributed by atoms with Gasteiger partial charge in [0.2, 0.25) is 0 Å². The van der Waals surface area contributed by atoms with E-state index in [1.807, 2.05) is 12.1 Å². The summed E-state index contributed by atoms with van der Waals surface area (Å²) in [5.41, 5.74) is 1.65. The van der Waals surface area contributed by atoms with Crippen molar-refractivity contribution in [3.63, 3.8) is 0 Å². The lowest BCUT2D eigenvalue weighted by molar-refractivity contribution is 0.481. The minimum atomic E-state index is -0.350. The number of nitrogens with one attached hydrogen (secondary N) is 1. The van der Waals surface area contributed by atoms with E-state index in [1.54, 1.807) is 18.2 Å². The molecule has 0 aliphatic rings. The normalized spacial score (nSPS) is 11.4. The molecule has 0 aliphatic carbocycles. The van der Waals surface area contributed by atoms with Crippen LogP contribution in [0, 0.1) is 0 Å². The quantitative estimate of drug-likeness (QED) is 0.510. The molecule has 4 rings (SSSR count). The zero-order valence-corrected chi connectivity index (χ0v) is 13.8. The molecule has 4 nitrogen and oxygen atoms in total. The second kappa shape index (κ2) is 5.23. The third-order valence-corrected chi connectivity index (χ3v) is 5.20. The summed E-state index contributed by atoms with van der Waals surface area (Å²) in [4.78, 5) is 19.6. The first-order valence-corrected chi connectivity index (χ1v) is 8.21. The lowest BCUT2D eigenvalue weighted by Crippen LogP contribution is -2.01. The SMILES string of the molecule is O=c1cc(O)c2sc3nc(-c4cc(Cl)ccc4Cl)ccc3c2[nH]1. The van der Waals surface area contributed by atoms with Crippen molar-refractivity contribution in [2.24, 2.45) is 0 Å². The van der Waals surface area contributed by atoms with Crippen LogP contribution in [0.15, 0.2) is 41.2 Å². The Morgan fingerprint density at radius 1 is 1.13 bits per heavy atom. The topological polar surface area (TPSA) is 66.0 Å². The molecule has 3 heterocycles. The molecule has 3 aromatic heterocycles. The van der Waals surface area contributed by atoms with Crippen molar-refractivity contribution in [3.8, 4) is 17.0 Å². The number of fused-ring (bicyclic) bond motifs is 3. The van der Waals surface area contributed by atoms with Crippen molar-refractivity contribution in [1.29, 1.82) is 0 Å². The van der Waals surface area contributed by atoms with E-state index in [9.17, 15) is 9.90 Å². The van der Waals surface area contributed by atoms with E-state index in [0.717, 1.165) is 17.0 Å². The van der Waals surface area contributed by atoms with Crippen LogP contribution in [0.5, 0.6) is 5.75 Å². The third kappa shape index (κ3) is 2.37. The Hall–Kier alpha value is -2.08. The van der Waals surface area contributed by atoms with Crippen molar-refractivity contribution in [1.82, 2.24) is 9.97 Å². The van der Waals surface area contributed by atoms with Gasteiger partial charge in [0.25, 0.3) is 5.56 Å². The van der Waals surface area contributed by atoms with Gasteiger partial charge >= 0.3 is 0 Å². The summed E-state index contributed by atoms with van der Waals surface area (Å²) in [7, 11) is 0. The molecule has 114 valence electrons. The molecule has 0 radical (unpaired) electrons. The van der Waals surface area contributed by atoms with Crippen LogP contribution in [0.1, 0.15) is 0 Å². The van der Waals surface area contributed by atoms with Crippen LogP contribution in [-0.4, -0.2) is 15.1 Å². The Morgan fingerprint density at radius 3 is 2.78 bits per heavy atom. The summed E-state index contributed by atoms with van der Waals surface area (Å²) in [5, 5.41) is 11.8. The summed E-state index contributed by atoms with van der Waals surface area (Å²) < 4.78 is 0.599. The maximum absolute atomic E-state index is 11.6. The van der Waals surface area contributed by atoms with Gasteiger partial charge in [-0.2, -0.15) is 0 Å². The van der Waals surface area contributed by atoms with Gasteiger partial charge in [0.15, 0.2) is 0 Å². The molecule has 0 atom stereocenters. The lowest BCUT2D eigenvalue weighted by Gasteiger charge is -2.04. The molecule has 0 fully saturated rings. The molecular formula is C16H8Cl2N2O2S. The number of nitrogens with zero attached hydrogens (tertiary/aromatic N) is 1. The Bertz CT molecular complexity index is 1130. The predicted octanol–water partition coefficient (Wildman–Crippen LogP) is 4.82. The van der Waals surface area contributed by atoms with Crippen molar-refractivity contribution in [2.75, 3.05) is 0 Å². The molecular weight excluding hydrogens is 355 g/mol. The number of hydrogen-bond donors (Lipinski definition) is 2. The van der Waals surface area contributed by atoms with E-state index in [4.69, 9.17) is 23.2 Å². The van der Waals surface area contributed by atoms with Gasteiger partial charge in [-0.1, -0.05) is 23.2 Å². The van der Waals surface area contributed by atoms with Crippen LogP contribution < -0.4 is 5.56 Å². The zero-order valence-electron chi connectivity index (χ0n) is 11.4. The minimum Gasteiger partial charge on any atom is -0.506 e. The number of hydrogen-bond acceptors (Lipinski definition) is 4. The highest BCUT2D eigenvalue weighted by atomic mass is 35.5. The summed E-state index contributed by atoms with van der Waals surface area (Å²) in [6, 6.07) is 10.0. The first-order chi connectivity index (χ1) is 11.0. The molecule has 0 bridgehead atoms. The number of benzene rings is 1. The van der Waals surface area contributed by atoms with E-state index < -0.39 is 0 Å². The molecule has 0 aliphatic heterocycles. The second-order valence-electron chi connectivity index (χ2n) is 5.00. The largest absolute Gasteiger partial charge is 0.506 e. The van der Waals surface area contributed by atoms with Gasteiger partial charge in [-0.15, -0.1) is 11.3 Å². The fourth-order valence-corrected chi connectivity index (χ4v) is 3.91. The number of pyridine rings is 2. The van der Waals surface area contributed by atoms with E-state index >= 15 is 0 Å². The Kier molecular flexibility index (Phi) is 3.30. The number of aromatic hydroxyl groups is 1. The molecule has 23 heavy (non-hydrogen) atoms. The molecule has 0 unspecified atom stereocenters. The van der Waals surface area contributed by atoms with Crippen LogP contribution >= 0.6 is 34.5 Å². The maximum Gasteiger partial charge on any atom is 0.252 e. The highest BCUT2D eigenvalue weighted by molar-refractivity contribution is 7.25. The maximum atomic E-state index is 11.6. The molecule has 2 N–H and O–H groups in total. The van der Waals surface area contributed by atoms with Gasteiger partial charge in [-0.05, 0) is 30.3 Å². The monoisotopic (exact) mass is 362 g/mol. The van der Waals surface area contributed by atoms with Gasteiger partial charge < -0.3 is 10.1 Å². The number of halogens is 2. The van der Waals surface area contributed by atoms with E-state index in [2.05, 4.69) is 9.97 Å². The highest BCUT2D eigenvalue weighted by Gasteiger charge is 2.13. The minimum absolute atomic E-state index is 0.0471. The summed E-state index contributed by atoms with van der Waals surface area (Å²) in [6.45, 7) is 0. The first-order valence-electron chi connectivity index (χ1n) is 6.64.